The van der Waals surface area contributed by atoms with Gasteiger partial charge in [-0.2, -0.15) is 0 Å². The number of H-pyrrole nitrogens is 1. The van der Waals surface area contributed by atoms with Crippen LogP contribution in [-0.2, 0) is 17.8 Å². The number of aryl methyl sites for hydroxylation is 1. The van der Waals surface area contributed by atoms with Gasteiger partial charge in [0.1, 0.15) is 5.82 Å². The van der Waals surface area contributed by atoms with Crippen LogP contribution in [0.25, 0.3) is 0 Å². The quantitative estimate of drug-likeness (QED) is 0.811. The molecule has 30 heavy (non-hydrogen) atoms. The minimum absolute atomic E-state index is 0.0320. The Hall–Kier alpha value is -2.48. The van der Waals surface area contributed by atoms with Gasteiger partial charge in [-0.25, -0.2) is 4.98 Å². The summed E-state index contributed by atoms with van der Waals surface area (Å²) in [6.07, 6.45) is 3.07. The number of nitrogens with one attached hydrogen (secondary N) is 1. The number of hydrogen-bond donors (Lipinski definition) is 1. The van der Waals surface area contributed by atoms with E-state index in [9.17, 15) is 14.4 Å². The lowest BCUT2D eigenvalue weighted by Crippen LogP contribution is -2.41. The van der Waals surface area contributed by atoms with Crippen LogP contribution < -0.4 is 5.56 Å². The van der Waals surface area contributed by atoms with Crippen molar-refractivity contribution in [3.63, 3.8) is 0 Å². The summed E-state index contributed by atoms with van der Waals surface area (Å²) in [5.74, 6) is 0.642. The molecule has 1 saturated heterocycles. The Labute approximate surface area is 180 Å². The lowest BCUT2D eigenvalue weighted by molar-refractivity contribution is -0.136. The number of carbonyl (C=O) groups excluding carboxylic acids is 2. The van der Waals surface area contributed by atoms with Crippen LogP contribution in [0, 0.1) is 12.8 Å². The lowest BCUT2D eigenvalue weighted by Gasteiger charge is -2.30. The molecule has 0 saturated carbocycles. The van der Waals surface area contributed by atoms with Gasteiger partial charge in [-0.3, -0.25) is 14.4 Å². The van der Waals surface area contributed by atoms with Gasteiger partial charge < -0.3 is 14.8 Å². The van der Waals surface area contributed by atoms with Gasteiger partial charge in [-0.05, 0) is 38.3 Å². The second-order valence-electron chi connectivity index (χ2n) is 8.26. The molecule has 160 valence electrons. The number of fused-ring (bicyclic) bond motifs is 1. The highest BCUT2D eigenvalue weighted by Crippen LogP contribution is 2.32. The minimum atomic E-state index is -0.197. The minimum Gasteiger partial charge on any atom is -0.333 e. The van der Waals surface area contributed by atoms with E-state index < -0.39 is 0 Å². The molecule has 0 spiro atoms. The normalized spacial score (nSPS) is 19.6. The second-order valence-corrected chi connectivity index (χ2v) is 9.55. The van der Waals surface area contributed by atoms with Crippen molar-refractivity contribution in [1.29, 1.82) is 0 Å². The zero-order chi connectivity index (χ0) is 21.4. The fourth-order valence-electron chi connectivity index (χ4n) is 4.25. The zero-order valence-corrected chi connectivity index (χ0v) is 18.6. The van der Waals surface area contributed by atoms with Crippen LogP contribution in [-0.4, -0.2) is 44.7 Å². The Balaban J connectivity index is 1.57. The summed E-state index contributed by atoms with van der Waals surface area (Å²) in [5, 5.41) is 0. The van der Waals surface area contributed by atoms with E-state index in [-0.39, 0.29) is 35.9 Å². The van der Waals surface area contributed by atoms with Gasteiger partial charge in [0.25, 0.3) is 11.5 Å². The van der Waals surface area contributed by atoms with E-state index in [0.29, 0.717) is 35.8 Å². The molecule has 7 nitrogen and oxygen atoms in total. The van der Waals surface area contributed by atoms with Crippen molar-refractivity contribution < 1.29 is 9.59 Å². The van der Waals surface area contributed by atoms with Crippen molar-refractivity contribution >= 4 is 23.2 Å². The average molecular weight is 429 g/mol. The number of likely N-dealkylation sites (tertiary alicyclic amines) is 1. The van der Waals surface area contributed by atoms with Crippen LogP contribution >= 0.6 is 11.3 Å². The molecule has 2 aromatic heterocycles. The highest BCUT2D eigenvalue weighted by atomic mass is 32.1. The van der Waals surface area contributed by atoms with Crippen molar-refractivity contribution in [2.24, 2.45) is 5.92 Å². The van der Waals surface area contributed by atoms with E-state index in [1.54, 1.807) is 4.90 Å². The van der Waals surface area contributed by atoms with Gasteiger partial charge in [0, 0.05) is 30.3 Å². The first kappa shape index (κ1) is 20.8. The number of carbonyl (C=O) groups is 2. The molecule has 2 unspecified atom stereocenters. The van der Waals surface area contributed by atoms with Crippen LogP contribution in [0.2, 0.25) is 0 Å². The third-order valence-corrected chi connectivity index (χ3v) is 7.20. The van der Waals surface area contributed by atoms with E-state index in [0.717, 1.165) is 29.8 Å². The summed E-state index contributed by atoms with van der Waals surface area (Å²) in [7, 11) is 0. The van der Waals surface area contributed by atoms with Crippen LogP contribution in [0.1, 0.15) is 70.8 Å². The van der Waals surface area contributed by atoms with E-state index in [1.165, 1.54) is 11.3 Å². The van der Waals surface area contributed by atoms with Crippen molar-refractivity contribution in [3.8, 4) is 0 Å². The molecule has 2 atom stereocenters. The van der Waals surface area contributed by atoms with E-state index >= 15 is 0 Å². The van der Waals surface area contributed by atoms with Crippen molar-refractivity contribution in [3.05, 3.63) is 49.3 Å². The van der Waals surface area contributed by atoms with Crippen LogP contribution in [0.5, 0.6) is 0 Å². The molecule has 2 aliphatic heterocycles. The number of aromatic nitrogens is 2. The molecule has 4 heterocycles. The molecule has 4 rings (SSSR count). The molecule has 0 aliphatic carbocycles. The maximum atomic E-state index is 12.9. The molecule has 0 bridgehead atoms. The highest BCUT2D eigenvalue weighted by Gasteiger charge is 2.35. The second kappa shape index (κ2) is 8.34. The smallest absolute Gasteiger partial charge is 0.264 e. The van der Waals surface area contributed by atoms with Crippen LogP contribution in [0.15, 0.2) is 16.9 Å². The average Bonchev–Trinajstić information content (AvgIpc) is 3.41. The van der Waals surface area contributed by atoms with Crippen LogP contribution in [0.3, 0.4) is 0 Å². The number of hydrogen-bond acceptors (Lipinski definition) is 5. The molecule has 0 radical (unpaired) electrons. The summed E-state index contributed by atoms with van der Waals surface area (Å²) in [5.41, 5.74) is 1.12. The Morgan fingerprint density at radius 3 is 2.83 bits per heavy atom. The Morgan fingerprint density at radius 2 is 2.13 bits per heavy atom. The molecular weight excluding hydrogens is 400 g/mol. The largest absolute Gasteiger partial charge is 0.333 e. The number of aromatic amines is 1. The van der Waals surface area contributed by atoms with E-state index in [4.69, 9.17) is 4.98 Å². The monoisotopic (exact) mass is 428 g/mol. The molecule has 8 heteroatoms. The number of rotatable bonds is 4. The third kappa shape index (κ3) is 3.80. The van der Waals surface area contributed by atoms with Gasteiger partial charge in [-0.1, -0.05) is 13.8 Å². The predicted octanol–water partition coefficient (Wildman–Crippen LogP) is 3.05. The number of amides is 2. The summed E-state index contributed by atoms with van der Waals surface area (Å²) in [6, 6.07) is 3.61. The molecule has 2 aromatic rings. The molecule has 2 amide bonds. The molecule has 2 aliphatic rings. The number of thiophene rings is 1. The maximum Gasteiger partial charge on any atom is 0.264 e. The van der Waals surface area contributed by atoms with Crippen molar-refractivity contribution in [2.45, 2.75) is 59.0 Å². The molecule has 1 fully saturated rings. The van der Waals surface area contributed by atoms with Gasteiger partial charge in [-0.15, -0.1) is 11.3 Å². The summed E-state index contributed by atoms with van der Waals surface area (Å²) in [4.78, 5) is 51.5. The standard InChI is InChI=1S/C22H28N4O3S/c1-4-13(2)21(28)26-10-5-6-17(26)19-23-16-9-11-25(12-15(16)20(27)24-19)22(29)18-8-7-14(3)30-18/h7-8,13,17H,4-6,9-12H2,1-3H3,(H,23,24,27). The van der Waals surface area contributed by atoms with Crippen molar-refractivity contribution in [1.82, 2.24) is 19.8 Å². The molecular formula is C22H28N4O3S. The first-order valence-electron chi connectivity index (χ1n) is 10.7. The van der Waals surface area contributed by atoms with E-state index in [2.05, 4.69) is 4.98 Å². The van der Waals surface area contributed by atoms with Gasteiger partial charge in [0.05, 0.1) is 28.7 Å². The first-order chi connectivity index (χ1) is 14.4. The Bertz CT molecular complexity index is 1030. The first-order valence-corrected chi connectivity index (χ1v) is 11.5. The summed E-state index contributed by atoms with van der Waals surface area (Å²) < 4.78 is 0. The fraction of sp³-hybridized carbons (Fsp3) is 0.545. The van der Waals surface area contributed by atoms with Crippen LogP contribution in [0.4, 0.5) is 0 Å². The Kier molecular flexibility index (Phi) is 5.77. The SMILES string of the molecule is CCC(C)C(=O)N1CCCC1c1nc2c(c(=O)[nH]1)CN(C(=O)c1ccc(C)s1)CC2. The van der Waals surface area contributed by atoms with Gasteiger partial charge in [0.15, 0.2) is 0 Å². The molecule has 1 N–H and O–H groups in total. The topological polar surface area (TPSA) is 86.4 Å². The maximum absolute atomic E-state index is 12.9. The van der Waals surface area contributed by atoms with E-state index in [1.807, 2.05) is 37.8 Å². The lowest BCUT2D eigenvalue weighted by atomic mass is 10.0. The summed E-state index contributed by atoms with van der Waals surface area (Å²) >= 11 is 1.47. The Morgan fingerprint density at radius 1 is 1.33 bits per heavy atom. The van der Waals surface area contributed by atoms with Gasteiger partial charge >= 0.3 is 0 Å². The number of nitrogens with zero attached hydrogens (tertiary/aromatic N) is 3. The predicted molar refractivity (Wildman–Crippen MR) is 116 cm³/mol. The summed E-state index contributed by atoms with van der Waals surface area (Å²) in [6.45, 7) is 7.45. The third-order valence-electron chi connectivity index (χ3n) is 6.21. The zero-order valence-electron chi connectivity index (χ0n) is 17.7. The highest BCUT2D eigenvalue weighted by molar-refractivity contribution is 7.13. The van der Waals surface area contributed by atoms with Gasteiger partial charge in [0.2, 0.25) is 5.91 Å². The van der Waals surface area contributed by atoms with Crippen molar-refractivity contribution in [2.75, 3.05) is 13.1 Å². The molecule has 0 aromatic carbocycles. The fourth-order valence-corrected chi connectivity index (χ4v) is 5.09.